The minimum Gasteiger partial charge on any atom is -0.503 e. The first-order valence-electron chi connectivity index (χ1n) is 9.37. The van der Waals surface area contributed by atoms with Crippen LogP contribution in [-0.2, 0) is 6.42 Å². The van der Waals surface area contributed by atoms with E-state index in [1.807, 2.05) is 0 Å². The van der Waals surface area contributed by atoms with E-state index in [1.54, 1.807) is 18.2 Å². The fourth-order valence-corrected chi connectivity index (χ4v) is 4.41. The van der Waals surface area contributed by atoms with Gasteiger partial charge >= 0.3 is 0 Å². The highest BCUT2D eigenvalue weighted by molar-refractivity contribution is 5.30. The molecule has 0 spiro atoms. The molecule has 2 aromatic rings. The first-order chi connectivity index (χ1) is 13.3. The normalized spacial score (nSPS) is 27.1. The third-order valence-electron chi connectivity index (χ3n) is 5.79. The number of likely N-dealkylation sites (tertiary alicyclic amines) is 1. The van der Waals surface area contributed by atoms with E-state index < -0.39 is 28.8 Å². The van der Waals surface area contributed by atoms with Crippen LogP contribution in [0.5, 0.6) is 11.5 Å². The molecule has 4 nitrogen and oxygen atoms in total. The quantitative estimate of drug-likeness (QED) is 0.819. The number of β-amino-alcohol motifs (C(OH)–C–C–N with tert-alkyl or cyclic N) is 1. The molecule has 0 unspecified atom stereocenters. The number of rotatable bonds is 5. The lowest BCUT2D eigenvalue weighted by atomic mass is 9.95. The van der Waals surface area contributed by atoms with Crippen LogP contribution in [-0.4, -0.2) is 46.5 Å². The van der Waals surface area contributed by atoms with Gasteiger partial charge in [0.15, 0.2) is 29.0 Å². The second-order valence-electron chi connectivity index (χ2n) is 7.80. The van der Waals surface area contributed by atoms with Gasteiger partial charge in [0.25, 0.3) is 0 Å². The Hall–Kier alpha value is -2.25. The van der Waals surface area contributed by atoms with Crippen LogP contribution < -0.4 is 4.74 Å². The van der Waals surface area contributed by atoms with Crippen molar-refractivity contribution in [2.75, 3.05) is 19.6 Å². The summed E-state index contributed by atoms with van der Waals surface area (Å²) in [6.07, 6.45) is 1.22. The number of para-hydroxylation sites is 1. The van der Waals surface area contributed by atoms with Crippen LogP contribution in [0.2, 0.25) is 0 Å². The summed E-state index contributed by atoms with van der Waals surface area (Å²) in [7, 11) is 0. The van der Waals surface area contributed by atoms with E-state index in [9.17, 15) is 23.4 Å². The highest BCUT2D eigenvalue weighted by Gasteiger charge is 2.52. The molecule has 1 heterocycles. The van der Waals surface area contributed by atoms with Crippen molar-refractivity contribution < 1.29 is 28.1 Å². The van der Waals surface area contributed by atoms with Gasteiger partial charge in [-0.1, -0.05) is 12.1 Å². The highest BCUT2D eigenvalue weighted by atomic mass is 19.1. The summed E-state index contributed by atoms with van der Waals surface area (Å²) in [6.45, 7) is 1.63. The minimum atomic E-state index is -0.972. The van der Waals surface area contributed by atoms with Crippen LogP contribution in [0.4, 0.5) is 13.2 Å². The molecule has 2 aliphatic rings. The van der Waals surface area contributed by atoms with Crippen LogP contribution in [0, 0.1) is 23.4 Å². The molecule has 1 saturated carbocycles. The van der Waals surface area contributed by atoms with E-state index in [-0.39, 0.29) is 17.8 Å². The molecule has 1 aliphatic carbocycles. The highest BCUT2D eigenvalue weighted by Crippen LogP contribution is 2.43. The number of aromatic hydroxyl groups is 1. The fourth-order valence-electron chi connectivity index (χ4n) is 4.41. The van der Waals surface area contributed by atoms with Gasteiger partial charge in [0.05, 0.1) is 5.60 Å². The van der Waals surface area contributed by atoms with Crippen molar-refractivity contribution in [3.05, 3.63) is 59.4 Å². The number of halogens is 3. The smallest absolute Gasteiger partial charge is 0.187 e. The van der Waals surface area contributed by atoms with Gasteiger partial charge in [-0.15, -0.1) is 0 Å². The van der Waals surface area contributed by atoms with E-state index in [0.717, 1.165) is 12.1 Å². The summed E-state index contributed by atoms with van der Waals surface area (Å²) in [5.74, 6) is -3.11. The van der Waals surface area contributed by atoms with Gasteiger partial charge in [-0.2, -0.15) is 0 Å². The van der Waals surface area contributed by atoms with E-state index in [2.05, 4.69) is 4.90 Å². The van der Waals surface area contributed by atoms with Gasteiger partial charge in [0, 0.05) is 32.0 Å². The molecule has 28 heavy (non-hydrogen) atoms. The zero-order valence-electron chi connectivity index (χ0n) is 15.2. The molecule has 0 bridgehead atoms. The van der Waals surface area contributed by atoms with Gasteiger partial charge in [0.1, 0.15) is 6.10 Å². The van der Waals surface area contributed by atoms with Gasteiger partial charge in [-0.3, -0.25) is 4.90 Å². The number of hydrogen-bond donors (Lipinski definition) is 2. The van der Waals surface area contributed by atoms with Crippen molar-refractivity contribution in [3.63, 3.8) is 0 Å². The number of benzene rings is 2. The molecule has 7 heteroatoms. The Morgan fingerprint density at radius 2 is 1.82 bits per heavy atom. The third-order valence-corrected chi connectivity index (χ3v) is 5.79. The number of phenolic OH excluding ortho intramolecular Hbond substituents is 1. The van der Waals surface area contributed by atoms with Crippen LogP contribution in [0.3, 0.4) is 0 Å². The molecule has 2 aromatic carbocycles. The number of fused-ring (bicyclic) bond motifs is 1. The van der Waals surface area contributed by atoms with Gasteiger partial charge < -0.3 is 14.9 Å². The van der Waals surface area contributed by atoms with E-state index in [0.29, 0.717) is 44.5 Å². The first-order valence-corrected chi connectivity index (χ1v) is 9.37. The molecule has 150 valence electrons. The number of phenols is 1. The molecule has 1 aliphatic heterocycles. The van der Waals surface area contributed by atoms with Crippen LogP contribution in [0.15, 0.2) is 36.4 Å². The largest absolute Gasteiger partial charge is 0.503 e. The predicted molar refractivity (Wildman–Crippen MR) is 96.7 cm³/mol. The summed E-state index contributed by atoms with van der Waals surface area (Å²) < 4.78 is 46.4. The van der Waals surface area contributed by atoms with Crippen molar-refractivity contribution in [1.29, 1.82) is 0 Å². The monoisotopic (exact) mass is 393 g/mol. The maximum atomic E-state index is 13.8. The Bertz CT molecular complexity index is 855. The van der Waals surface area contributed by atoms with Crippen LogP contribution >= 0.6 is 0 Å². The topological polar surface area (TPSA) is 52.9 Å². The summed E-state index contributed by atoms with van der Waals surface area (Å²) >= 11 is 0. The zero-order valence-corrected chi connectivity index (χ0v) is 15.2. The SMILES string of the molecule is Oc1c(F)cc(CCN2C[C@@H]3C[C@@H](Oc4ccccc4F)C[C@]3(O)C2)cc1F. The number of nitrogens with zero attached hydrogens (tertiary/aromatic N) is 1. The van der Waals surface area contributed by atoms with Crippen molar-refractivity contribution >= 4 is 0 Å². The van der Waals surface area contributed by atoms with E-state index in [4.69, 9.17) is 4.74 Å². The minimum absolute atomic E-state index is 0.0116. The number of ether oxygens (including phenoxy) is 1. The lowest BCUT2D eigenvalue weighted by Gasteiger charge is -2.23. The Balaban J connectivity index is 1.33. The molecule has 3 atom stereocenters. The summed E-state index contributed by atoms with van der Waals surface area (Å²) in [4.78, 5) is 2.06. The van der Waals surface area contributed by atoms with Crippen molar-refractivity contribution in [2.45, 2.75) is 31.0 Å². The Labute approximate surface area is 161 Å². The van der Waals surface area contributed by atoms with Crippen LogP contribution in [0.1, 0.15) is 18.4 Å². The summed E-state index contributed by atoms with van der Waals surface area (Å²) in [6, 6.07) is 8.49. The van der Waals surface area contributed by atoms with Crippen molar-refractivity contribution in [1.82, 2.24) is 4.90 Å². The molecule has 1 saturated heterocycles. The molecular formula is C21H22F3NO3. The maximum absolute atomic E-state index is 13.8. The van der Waals surface area contributed by atoms with Gasteiger partial charge in [-0.05, 0) is 42.7 Å². The third kappa shape index (κ3) is 3.69. The molecule has 2 N–H and O–H groups in total. The lowest BCUT2D eigenvalue weighted by Crippen LogP contribution is -2.36. The molecule has 0 radical (unpaired) electrons. The average molecular weight is 393 g/mol. The standard InChI is InChI=1S/C21H22F3NO3/c22-16-3-1-2-4-19(16)28-15-9-14-11-25(12-21(14,27)10-15)6-5-13-7-17(23)20(26)18(24)8-13/h1-4,7-8,14-15,26-27H,5-6,9-12H2/t14-,15+,21-/m0/s1. The zero-order chi connectivity index (χ0) is 19.9. The number of aliphatic hydroxyl groups is 1. The second kappa shape index (κ2) is 7.29. The molecule has 4 rings (SSSR count). The van der Waals surface area contributed by atoms with Gasteiger partial charge in [-0.25, -0.2) is 13.2 Å². The Morgan fingerprint density at radius 3 is 2.50 bits per heavy atom. The predicted octanol–water partition coefficient (Wildman–Crippen LogP) is 3.26. The van der Waals surface area contributed by atoms with Crippen molar-refractivity contribution in [2.24, 2.45) is 5.92 Å². The molecule has 2 fully saturated rings. The number of hydrogen-bond acceptors (Lipinski definition) is 4. The maximum Gasteiger partial charge on any atom is 0.187 e. The fraction of sp³-hybridized carbons (Fsp3) is 0.429. The van der Waals surface area contributed by atoms with Crippen LogP contribution in [0.25, 0.3) is 0 Å². The van der Waals surface area contributed by atoms with Crippen molar-refractivity contribution in [3.8, 4) is 11.5 Å². The lowest BCUT2D eigenvalue weighted by molar-refractivity contribution is 0.0218. The Kier molecular flexibility index (Phi) is 4.97. The molecular weight excluding hydrogens is 371 g/mol. The van der Waals surface area contributed by atoms with E-state index >= 15 is 0 Å². The summed E-state index contributed by atoms with van der Waals surface area (Å²) in [5.41, 5.74) is -0.445. The average Bonchev–Trinajstić information content (AvgIpc) is 3.10. The summed E-state index contributed by atoms with van der Waals surface area (Å²) in [5, 5.41) is 20.1. The first kappa shape index (κ1) is 19.1. The molecule has 0 aromatic heterocycles. The Morgan fingerprint density at radius 1 is 1.11 bits per heavy atom. The van der Waals surface area contributed by atoms with E-state index in [1.165, 1.54) is 6.07 Å². The van der Waals surface area contributed by atoms with Gasteiger partial charge in [0.2, 0.25) is 0 Å². The second-order valence-corrected chi connectivity index (χ2v) is 7.80. The molecule has 0 amide bonds.